The zero-order chi connectivity index (χ0) is 15.2. The van der Waals surface area contributed by atoms with Crippen LogP contribution >= 0.6 is 0 Å². The summed E-state index contributed by atoms with van der Waals surface area (Å²) in [6.07, 6.45) is 0. The van der Waals surface area contributed by atoms with Crippen LogP contribution in [0.3, 0.4) is 0 Å². The third-order valence-electron chi connectivity index (χ3n) is 2.99. The predicted octanol–water partition coefficient (Wildman–Crippen LogP) is 3.79. The third kappa shape index (κ3) is 4.23. The van der Waals surface area contributed by atoms with Crippen LogP contribution in [-0.2, 0) is 13.2 Å². The van der Waals surface area contributed by atoms with Crippen LogP contribution in [0, 0.1) is 17.5 Å². The van der Waals surface area contributed by atoms with E-state index in [1.165, 1.54) is 30.3 Å². The molecular formula is C16H16F3NO. The highest BCUT2D eigenvalue weighted by atomic mass is 19.1. The van der Waals surface area contributed by atoms with E-state index >= 15 is 0 Å². The first kappa shape index (κ1) is 15.4. The molecule has 0 unspecified atom stereocenters. The fourth-order valence-electron chi connectivity index (χ4n) is 1.88. The molecule has 0 aliphatic carbocycles. The first-order chi connectivity index (χ1) is 10.1. The van der Waals surface area contributed by atoms with Crippen molar-refractivity contribution >= 4 is 0 Å². The average molecular weight is 295 g/mol. The minimum Gasteiger partial charge on any atom is -0.488 e. The van der Waals surface area contributed by atoms with Crippen LogP contribution in [0.1, 0.15) is 18.1 Å². The summed E-state index contributed by atoms with van der Waals surface area (Å²) in [4.78, 5) is 0. The minimum absolute atomic E-state index is 0.0448. The van der Waals surface area contributed by atoms with Crippen molar-refractivity contribution < 1.29 is 17.9 Å². The van der Waals surface area contributed by atoms with Crippen molar-refractivity contribution in [2.45, 2.75) is 20.1 Å². The van der Waals surface area contributed by atoms with E-state index in [1.54, 1.807) is 0 Å². The molecule has 0 aromatic heterocycles. The Balaban J connectivity index is 2.11. The number of rotatable bonds is 6. The molecule has 0 saturated heterocycles. The second-order valence-corrected chi connectivity index (χ2v) is 4.56. The van der Waals surface area contributed by atoms with Crippen LogP contribution in [0.2, 0.25) is 0 Å². The molecule has 1 N–H and O–H groups in total. The van der Waals surface area contributed by atoms with Crippen molar-refractivity contribution in [3.63, 3.8) is 0 Å². The Morgan fingerprint density at radius 2 is 1.67 bits per heavy atom. The van der Waals surface area contributed by atoms with Gasteiger partial charge in [-0.3, -0.25) is 0 Å². The second kappa shape index (κ2) is 7.13. The number of hydrogen-bond acceptors (Lipinski definition) is 2. The zero-order valence-electron chi connectivity index (χ0n) is 11.6. The van der Waals surface area contributed by atoms with Crippen molar-refractivity contribution in [3.05, 3.63) is 65.0 Å². The van der Waals surface area contributed by atoms with Gasteiger partial charge in [-0.1, -0.05) is 6.92 Å². The van der Waals surface area contributed by atoms with Gasteiger partial charge in [0.1, 0.15) is 29.8 Å². The molecule has 0 heterocycles. The second-order valence-electron chi connectivity index (χ2n) is 4.56. The summed E-state index contributed by atoms with van der Waals surface area (Å²) in [5.41, 5.74) is 0.898. The molecule has 2 aromatic carbocycles. The summed E-state index contributed by atoms with van der Waals surface area (Å²) in [5.74, 6) is -1.18. The van der Waals surface area contributed by atoms with Crippen molar-refractivity contribution in [1.29, 1.82) is 0 Å². The summed E-state index contributed by atoms with van der Waals surface area (Å²) >= 11 is 0. The Labute approximate surface area is 121 Å². The molecule has 2 nitrogen and oxygen atoms in total. The van der Waals surface area contributed by atoms with E-state index in [-0.39, 0.29) is 18.0 Å². The molecule has 0 aliphatic rings. The van der Waals surface area contributed by atoms with E-state index in [2.05, 4.69) is 5.32 Å². The molecule has 5 heteroatoms. The van der Waals surface area contributed by atoms with E-state index in [0.717, 1.165) is 12.6 Å². The molecule has 2 rings (SSSR count). The largest absolute Gasteiger partial charge is 0.488 e. The number of benzene rings is 2. The predicted molar refractivity (Wildman–Crippen MR) is 74.5 cm³/mol. The Morgan fingerprint density at radius 1 is 0.952 bits per heavy atom. The lowest BCUT2D eigenvalue weighted by Crippen LogP contribution is -2.13. The summed E-state index contributed by atoms with van der Waals surface area (Å²) in [6, 6.07) is 7.47. The van der Waals surface area contributed by atoms with Crippen LogP contribution in [0.15, 0.2) is 36.4 Å². The lowest BCUT2D eigenvalue weighted by atomic mass is 10.2. The lowest BCUT2D eigenvalue weighted by molar-refractivity contribution is 0.295. The molecule has 0 fully saturated rings. The Bertz CT molecular complexity index is 616. The standard InChI is InChI=1S/C16H16F3NO/c1-2-20-9-12-7-13(17)5-6-16(12)21-10-11-3-4-14(18)8-15(11)19/h3-8,20H,2,9-10H2,1H3. The number of nitrogens with one attached hydrogen (secondary N) is 1. The van der Waals surface area contributed by atoms with Gasteiger partial charge in [-0.05, 0) is 36.9 Å². The maximum atomic E-state index is 13.5. The summed E-state index contributed by atoms with van der Waals surface area (Å²) in [5, 5.41) is 3.08. The van der Waals surface area contributed by atoms with Gasteiger partial charge in [0.15, 0.2) is 0 Å². The summed E-state index contributed by atoms with van der Waals surface area (Å²) in [6.45, 7) is 3.09. The number of halogens is 3. The molecule has 0 radical (unpaired) electrons. The van der Waals surface area contributed by atoms with Crippen LogP contribution in [0.4, 0.5) is 13.2 Å². The van der Waals surface area contributed by atoms with Crippen LogP contribution in [0.5, 0.6) is 5.75 Å². The van der Waals surface area contributed by atoms with E-state index in [4.69, 9.17) is 4.74 Å². The molecule has 0 saturated carbocycles. The van der Waals surface area contributed by atoms with Crippen molar-refractivity contribution in [2.24, 2.45) is 0 Å². The highest BCUT2D eigenvalue weighted by Gasteiger charge is 2.08. The van der Waals surface area contributed by atoms with Gasteiger partial charge in [-0.2, -0.15) is 0 Å². The number of ether oxygens (including phenoxy) is 1. The molecule has 0 atom stereocenters. The SMILES string of the molecule is CCNCc1cc(F)ccc1OCc1ccc(F)cc1F. The average Bonchev–Trinajstić information content (AvgIpc) is 2.45. The van der Waals surface area contributed by atoms with Crippen molar-refractivity contribution in [2.75, 3.05) is 6.54 Å². The lowest BCUT2D eigenvalue weighted by Gasteiger charge is -2.12. The first-order valence-electron chi connectivity index (χ1n) is 6.66. The molecule has 0 amide bonds. The third-order valence-corrected chi connectivity index (χ3v) is 2.99. The molecular weight excluding hydrogens is 279 g/mol. The maximum absolute atomic E-state index is 13.5. The summed E-state index contributed by atoms with van der Waals surface area (Å²) < 4.78 is 45.1. The first-order valence-corrected chi connectivity index (χ1v) is 6.66. The van der Waals surface area contributed by atoms with Crippen molar-refractivity contribution in [1.82, 2.24) is 5.32 Å². The molecule has 112 valence electrons. The fourth-order valence-corrected chi connectivity index (χ4v) is 1.88. The molecule has 0 bridgehead atoms. The molecule has 21 heavy (non-hydrogen) atoms. The van der Waals surface area contributed by atoms with Gasteiger partial charge >= 0.3 is 0 Å². The molecule has 0 spiro atoms. The molecule has 0 aliphatic heterocycles. The van der Waals surface area contributed by atoms with E-state index < -0.39 is 11.6 Å². The monoisotopic (exact) mass is 295 g/mol. The normalized spacial score (nSPS) is 10.7. The number of hydrogen-bond donors (Lipinski definition) is 1. The zero-order valence-corrected chi connectivity index (χ0v) is 11.6. The smallest absolute Gasteiger partial charge is 0.132 e. The van der Waals surface area contributed by atoms with Gasteiger partial charge in [-0.15, -0.1) is 0 Å². The van der Waals surface area contributed by atoms with E-state index in [0.29, 0.717) is 17.9 Å². The minimum atomic E-state index is -0.662. The molecule has 2 aromatic rings. The Hall–Kier alpha value is -2.01. The maximum Gasteiger partial charge on any atom is 0.132 e. The van der Waals surface area contributed by atoms with Crippen LogP contribution < -0.4 is 10.1 Å². The summed E-state index contributed by atoms with van der Waals surface area (Å²) in [7, 11) is 0. The Kier molecular flexibility index (Phi) is 5.22. The quantitative estimate of drug-likeness (QED) is 0.875. The topological polar surface area (TPSA) is 21.3 Å². The highest BCUT2D eigenvalue weighted by molar-refractivity contribution is 5.34. The Morgan fingerprint density at radius 3 is 2.38 bits per heavy atom. The van der Waals surface area contributed by atoms with Gasteiger partial charge in [0.05, 0.1) is 0 Å². The van der Waals surface area contributed by atoms with Crippen LogP contribution in [-0.4, -0.2) is 6.54 Å². The van der Waals surface area contributed by atoms with Crippen LogP contribution in [0.25, 0.3) is 0 Å². The van der Waals surface area contributed by atoms with Gasteiger partial charge in [0.2, 0.25) is 0 Å². The van der Waals surface area contributed by atoms with Gasteiger partial charge in [-0.25, -0.2) is 13.2 Å². The van der Waals surface area contributed by atoms with E-state index in [9.17, 15) is 13.2 Å². The highest BCUT2D eigenvalue weighted by Crippen LogP contribution is 2.21. The van der Waals surface area contributed by atoms with Gasteiger partial charge in [0, 0.05) is 23.7 Å². The van der Waals surface area contributed by atoms with Crippen molar-refractivity contribution in [3.8, 4) is 5.75 Å². The van der Waals surface area contributed by atoms with Gasteiger partial charge in [0.25, 0.3) is 0 Å². The van der Waals surface area contributed by atoms with E-state index in [1.807, 2.05) is 6.92 Å². The van der Waals surface area contributed by atoms with Gasteiger partial charge < -0.3 is 10.1 Å². The fraction of sp³-hybridized carbons (Fsp3) is 0.250.